The van der Waals surface area contributed by atoms with Crippen molar-refractivity contribution in [1.29, 1.82) is 0 Å². The van der Waals surface area contributed by atoms with E-state index in [9.17, 15) is 4.79 Å². The molecule has 2 N–H and O–H groups in total. The number of hydrogen-bond donors (Lipinski definition) is 2. The number of benzene rings is 1. The van der Waals surface area contributed by atoms with Crippen molar-refractivity contribution in [2.24, 2.45) is 0 Å². The Morgan fingerprint density at radius 2 is 2.11 bits per heavy atom. The van der Waals surface area contributed by atoms with Gasteiger partial charge in [-0.3, -0.25) is 4.79 Å². The first-order valence-electron chi connectivity index (χ1n) is 6.05. The van der Waals surface area contributed by atoms with E-state index in [1.165, 1.54) is 0 Å². The van der Waals surface area contributed by atoms with Gasteiger partial charge in [0, 0.05) is 17.6 Å². The van der Waals surface area contributed by atoms with Gasteiger partial charge in [-0.1, -0.05) is 23.2 Å². The van der Waals surface area contributed by atoms with E-state index in [1.54, 1.807) is 18.2 Å². The van der Waals surface area contributed by atoms with E-state index in [0.717, 1.165) is 19.4 Å². The molecule has 0 radical (unpaired) electrons. The fourth-order valence-electron chi connectivity index (χ4n) is 2.17. The topological polar surface area (TPSA) is 41.1 Å². The zero-order valence-corrected chi connectivity index (χ0v) is 12.9. The molecule has 2 unspecified atom stereocenters. The van der Waals surface area contributed by atoms with Crippen molar-refractivity contribution in [3.63, 3.8) is 0 Å². The third-order valence-corrected chi connectivity index (χ3v) is 3.88. The maximum atomic E-state index is 12.0. The zero-order valence-electron chi connectivity index (χ0n) is 10.6. The molecule has 2 atom stereocenters. The molecule has 0 saturated carbocycles. The third-order valence-electron chi connectivity index (χ3n) is 3.14. The number of amides is 1. The standard InChI is InChI=1S/C13H16Cl2N2O.ClH/c1-8-6-10(4-5-16-8)17-13(18)9-2-3-11(14)12(15)7-9;/h2-3,7-8,10,16H,4-6H2,1H3,(H,17,18);1H. The lowest BCUT2D eigenvalue weighted by Gasteiger charge is -2.28. The van der Waals surface area contributed by atoms with Gasteiger partial charge in [0.2, 0.25) is 0 Å². The summed E-state index contributed by atoms with van der Waals surface area (Å²) in [5, 5.41) is 7.25. The average molecular weight is 324 g/mol. The largest absolute Gasteiger partial charge is 0.349 e. The van der Waals surface area contributed by atoms with Gasteiger partial charge in [0.25, 0.3) is 5.91 Å². The molecule has 1 aromatic rings. The summed E-state index contributed by atoms with van der Waals surface area (Å²) in [6, 6.07) is 5.60. The molecule has 3 nitrogen and oxygen atoms in total. The molecule has 0 bridgehead atoms. The second-order valence-corrected chi connectivity index (χ2v) is 5.49. The van der Waals surface area contributed by atoms with Crippen LogP contribution in [0.5, 0.6) is 0 Å². The molecule has 19 heavy (non-hydrogen) atoms. The summed E-state index contributed by atoms with van der Waals surface area (Å²) in [6.07, 6.45) is 1.91. The predicted octanol–water partition coefficient (Wildman–Crippen LogP) is 3.29. The Bertz CT molecular complexity index is 454. The van der Waals surface area contributed by atoms with Gasteiger partial charge < -0.3 is 10.6 Å². The Kier molecular flexibility index (Phi) is 6.40. The van der Waals surface area contributed by atoms with E-state index in [2.05, 4.69) is 17.6 Å². The van der Waals surface area contributed by atoms with Crippen LogP contribution in [0.15, 0.2) is 18.2 Å². The smallest absolute Gasteiger partial charge is 0.251 e. The minimum absolute atomic E-state index is 0. The number of carbonyl (C=O) groups is 1. The lowest BCUT2D eigenvalue weighted by Crippen LogP contribution is -2.46. The predicted molar refractivity (Wildman–Crippen MR) is 81.7 cm³/mol. The van der Waals surface area contributed by atoms with Crippen LogP contribution in [-0.4, -0.2) is 24.5 Å². The summed E-state index contributed by atoms with van der Waals surface area (Å²) in [5.74, 6) is -0.0901. The normalized spacial score (nSPS) is 22.5. The van der Waals surface area contributed by atoms with Gasteiger partial charge in [-0.05, 0) is 44.5 Å². The SMILES string of the molecule is CC1CC(NC(=O)c2ccc(Cl)c(Cl)c2)CCN1.Cl. The lowest BCUT2D eigenvalue weighted by molar-refractivity contribution is 0.0925. The quantitative estimate of drug-likeness (QED) is 0.877. The van der Waals surface area contributed by atoms with Crippen LogP contribution in [0.4, 0.5) is 0 Å². The lowest BCUT2D eigenvalue weighted by atomic mass is 10.0. The Balaban J connectivity index is 0.00000180. The highest BCUT2D eigenvalue weighted by atomic mass is 35.5. The summed E-state index contributed by atoms with van der Waals surface area (Å²) in [5.41, 5.74) is 0.551. The molecule has 1 aromatic carbocycles. The van der Waals surface area contributed by atoms with E-state index in [4.69, 9.17) is 23.2 Å². The second kappa shape index (κ2) is 7.34. The highest BCUT2D eigenvalue weighted by molar-refractivity contribution is 6.42. The minimum Gasteiger partial charge on any atom is -0.349 e. The summed E-state index contributed by atoms with van der Waals surface area (Å²) in [7, 11) is 0. The molecule has 6 heteroatoms. The first-order valence-corrected chi connectivity index (χ1v) is 6.81. The van der Waals surface area contributed by atoms with E-state index in [0.29, 0.717) is 21.7 Å². The van der Waals surface area contributed by atoms with Crippen LogP contribution in [0.1, 0.15) is 30.1 Å². The van der Waals surface area contributed by atoms with Crippen LogP contribution >= 0.6 is 35.6 Å². The molecule has 0 aromatic heterocycles. The van der Waals surface area contributed by atoms with Crippen molar-refractivity contribution >= 4 is 41.5 Å². The molecule has 0 spiro atoms. The number of halogens is 3. The van der Waals surface area contributed by atoms with Gasteiger partial charge >= 0.3 is 0 Å². The van der Waals surface area contributed by atoms with Crippen LogP contribution in [-0.2, 0) is 0 Å². The van der Waals surface area contributed by atoms with Crippen molar-refractivity contribution in [2.75, 3.05) is 6.54 Å². The fourth-order valence-corrected chi connectivity index (χ4v) is 2.47. The molecule has 1 aliphatic rings. The van der Waals surface area contributed by atoms with Crippen molar-refractivity contribution in [2.45, 2.75) is 31.8 Å². The summed E-state index contributed by atoms with van der Waals surface area (Å²) >= 11 is 11.7. The Labute approximate surface area is 129 Å². The molecule has 1 heterocycles. The van der Waals surface area contributed by atoms with E-state index < -0.39 is 0 Å². The molecular formula is C13H17Cl3N2O. The third kappa shape index (κ3) is 4.53. The number of carbonyl (C=O) groups excluding carboxylic acids is 1. The highest BCUT2D eigenvalue weighted by Gasteiger charge is 2.20. The molecule has 1 saturated heterocycles. The number of nitrogens with one attached hydrogen (secondary N) is 2. The highest BCUT2D eigenvalue weighted by Crippen LogP contribution is 2.22. The number of hydrogen-bond acceptors (Lipinski definition) is 2. The van der Waals surface area contributed by atoms with E-state index >= 15 is 0 Å². The van der Waals surface area contributed by atoms with E-state index in [-0.39, 0.29) is 24.4 Å². The van der Waals surface area contributed by atoms with Gasteiger partial charge in [-0.15, -0.1) is 12.4 Å². The molecular weight excluding hydrogens is 307 g/mol. The molecule has 2 rings (SSSR count). The van der Waals surface area contributed by atoms with Crippen LogP contribution in [0.2, 0.25) is 10.0 Å². The van der Waals surface area contributed by atoms with Gasteiger partial charge in [0.1, 0.15) is 0 Å². The molecule has 1 amide bonds. The van der Waals surface area contributed by atoms with Crippen LogP contribution in [0.25, 0.3) is 0 Å². The van der Waals surface area contributed by atoms with Crippen LogP contribution in [0, 0.1) is 0 Å². The van der Waals surface area contributed by atoms with E-state index in [1.807, 2.05) is 0 Å². The van der Waals surface area contributed by atoms with Crippen LogP contribution in [0.3, 0.4) is 0 Å². The van der Waals surface area contributed by atoms with Gasteiger partial charge in [-0.25, -0.2) is 0 Å². The van der Waals surface area contributed by atoms with Crippen molar-refractivity contribution in [3.05, 3.63) is 33.8 Å². The molecule has 0 aliphatic carbocycles. The monoisotopic (exact) mass is 322 g/mol. The zero-order chi connectivity index (χ0) is 13.1. The first kappa shape index (κ1) is 16.6. The number of rotatable bonds is 2. The Hall–Kier alpha value is -0.480. The van der Waals surface area contributed by atoms with Gasteiger partial charge in [0.15, 0.2) is 0 Å². The second-order valence-electron chi connectivity index (χ2n) is 4.68. The van der Waals surface area contributed by atoms with Crippen molar-refractivity contribution in [3.8, 4) is 0 Å². The summed E-state index contributed by atoms with van der Waals surface area (Å²) < 4.78 is 0. The molecule has 1 fully saturated rings. The summed E-state index contributed by atoms with van der Waals surface area (Å²) in [6.45, 7) is 3.06. The van der Waals surface area contributed by atoms with Gasteiger partial charge in [-0.2, -0.15) is 0 Å². The first-order chi connectivity index (χ1) is 8.56. The maximum absolute atomic E-state index is 12.0. The average Bonchev–Trinajstić information content (AvgIpc) is 2.32. The Morgan fingerprint density at radius 3 is 2.74 bits per heavy atom. The van der Waals surface area contributed by atoms with Crippen molar-refractivity contribution < 1.29 is 4.79 Å². The maximum Gasteiger partial charge on any atom is 0.251 e. The van der Waals surface area contributed by atoms with Gasteiger partial charge in [0.05, 0.1) is 10.0 Å². The van der Waals surface area contributed by atoms with Crippen molar-refractivity contribution in [1.82, 2.24) is 10.6 Å². The molecule has 106 valence electrons. The van der Waals surface area contributed by atoms with Crippen LogP contribution < -0.4 is 10.6 Å². The number of piperidine rings is 1. The Morgan fingerprint density at radius 1 is 1.37 bits per heavy atom. The fraction of sp³-hybridized carbons (Fsp3) is 0.462. The minimum atomic E-state index is -0.0901. The molecule has 1 aliphatic heterocycles. The summed E-state index contributed by atoms with van der Waals surface area (Å²) in [4.78, 5) is 12.0.